The van der Waals surface area contributed by atoms with Crippen LogP contribution in [0.15, 0.2) is 54.6 Å². The third-order valence-corrected chi connectivity index (χ3v) is 6.37. The summed E-state index contributed by atoms with van der Waals surface area (Å²) in [6.07, 6.45) is 0. The van der Waals surface area contributed by atoms with Gasteiger partial charge in [0.25, 0.3) is 11.8 Å². The van der Waals surface area contributed by atoms with Crippen molar-refractivity contribution in [3.63, 3.8) is 0 Å². The van der Waals surface area contributed by atoms with Crippen LogP contribution in [0.3, 0.4) is 0 Å². The lowest BCUT2D eigenvalue weighted by Crippen LogP contribution is -2.41. The zero-order chi connectivity index (χ0) is 22.5. The normalized spacial score (nSPS) is 13.6. The zero-order valence-electron chi connectivity index (χ0n) is 17.6. The number of morpholine rings is 1. The van der Waals surface area contributed by atoms with E-state index in [0.29, 0.717) is 36.9 Å². The molecule has 0 unspecified atom stereocenters. The van der Waals surface area contributed by atoms with Crippen LogP contribution >= 0.6 is 11.3 Å². The average molecular weight is 455 g/mol. The molecule has 2 amide bonds. The maximum absolute atomic E-state index is 13.3. The van der Waals surface area contributed by atoms with Crippen LogP contribution < -0.4 is 10.1 Å². The molecule has 166 valence electrons. The molecule has 0 bridgehead atoms. The third-order valence-electron chi connectivity index (χ3n) is 5.11. The number of thiophene rings is 1. The molecule has 2 heterocycles. The molecule has 0 spiro atoms. The van der Waals surface area contributed by atoms with E-state index in [1.165, 1.54) is 29.5 Å². The fraction of sp³-hybridized carbons (Fsp3) is 0.250. The first-order valence-electron chi connectivity index (χ1n) is 10.3. The minimum absolute atomic E-state index is 0.134. The summed E-state index contributed by atoms with van der Waals surface area (Å²) in [5.74, 6) is -0.739. The highest BCUT2D eigenvalue weighted by molar-refractivity contribution is 7.20. The van der Waals surface area contributed by atoms with Crippen LogP contribution in [-0.2, 0) is 9.53 Å². The molecule has 8 heteroatoms. The van der Waals surface area contributed by atoms with Gasteiger partial charge in [0.15, 0.2) is 6.61 Å². The smallest absolute Gasteiger partial charge is 0.262 e. The van der Waals surface area contributed by atoms with E-state index in [4.69, 9.17) is 9.47 Å². The molecule has 0 radical (unpaired) electrons. The molecule has 4 rings (SSSR count). The van der Waals surface area contributed by atoms with Gasteiger partial charge in [-0.3, -0.25) is 9.59 Å². The Bertz CT molecular complexity index is 1110. The van der Waals surface area contributed by atoms with Crippen molar-refractivity contribution < 1.29 is 23.5 Å². The standard InChI is InChI=1S/C24H23FN2O4S/c1-16-21(24(29)27-10-12-30-13-11-27)23(32-22(16)17-6-3-2-4-7-17)26-20(28)15-31-19-9-5-8-18(25)14-19/h2-9,14H,10-13,15H2,1H3,(H,26,28). The fourth-order valence-corrected chi connectivity index (χ4v) is 4.74. The summed E-state index contributed by atoms with van der Waals surface area (Å²) in [6.45, 7) is 3.58. The second kappa shape index (κ2) is 9.93. The van der Waals surface area contributed by atoms with E-state index in [0.717, 1.165) is 16.0 Å². The van der Waals surface area contributed by atoms with Crippen LogP contribution in [-0.4, -0.2) is 49.6 Å². The summed E-state index contributed by atoms with van der Waals surface area (Å²) >= 11 is 1.36. The highest BCUT2D eigenvalue weighted by Gasteiger charge is 2.28. The summed E-state index contributed by atoms with van der Waals surface area (Å²) in [4.78, 5) is 28.6. The number of nitrogens with one attached hydrogen (secondary N) is 1. The van der Waals surface area contributed by atoms with Gasteiger partial charge in [0.1, 0.15) is 16.6 Å². The molecule has 1 aromatic heterocycles. The molecular weight excluding hydrogens is 431 g/mol. The molecule has 1 aliphatic rings. The Kier molecular flexibility index (Phi) is 6.82. The van der Waals surface area contributed by atoms with Crippen LogP contribution in [0.5, 0.6) is 5.75 Å². The molecule has 6 nitrogen and oxygen atoms in total. The largest absolute Gasteiger partial charge is 0.484 e. The van der Waals surface area contributed by atoms with Gasteiger partial charge in [-0.15, -0.1) is 11.3 Å². The predicted octanol–water partition coefficient (Wildman–Crippen LogP) is 4.35. The van der Waals surface area contributed by atoms with E-state index in [-0.39, 0.29) is 18.3 Å². The predicted molar refractivity (Wildman–Crippen MR) is 122 cm³/mol. The van der Waals surface area contributed by atoms with Gasteiger partial charge in [-0.2, -0.15) is 0 Å². The highest BCUT2D eigenvalue weighted by atomic mass is 32.1. The summed E-state index contributed by atoms with van der Waals surface area (Å²) < 4.78 is 24.1. The van der Waals surface area contributed by atoms with Crippen molar-refractivity contribution in [2.75, 3.05) is 38.2 Å². The third kappa shape index (κ3) is 4.98. The monoisotopic (exact) mass is 454 g/mol. The first-order valence-corrected chi connectivity index (χ1v) is 11.1. The van der Waals surface area contributed by atoms with Crippen LogP contribution in [0.4, 0.5) is 9.39 Å². The van der Waals surface area contributed by atoms with Crippen LogP contribution in [0, 0.1) is 12.7 Å². The van der Waals surface area contributed by atoms with Gasteiger partial charge in [-0.05, 0) is 30.2 Å². The first kappa shape index (κ1) is 22.0. The molecule has 1 aliphatic heterocycles. The summed E-state index contributed by atoms with van der Waals surface area (Å²) in [6, 6.07) is 15.3. The number of ether oxygens (including phenoxy) is 2. The summed E-state index contributed by atoms with van der Waals surface area (Å²) in [5.41, 5.74) is 2.27. The number of carbonyl (C=O) groups excluding carboxylic acids is 2. The average Bonchev–Trinajstić information content (AvgIpc) is 3.14. The Morgan fingerprint density at radius 3 is 2.59 bits per heavy atom. The van der Waals surface area contributed by atoms with Crippen molar-refractivity contribution in [2.45, 2.75) is 6.92 Å². The number of hydrogen-bond acceptors (Lipinski definition) is 5. The second-order valence-electron chi connectivity index (χ2n) is 7.33. The molecular formula is C24H23FN2O4S. The van der Waals surface area contributed by atoms with E-state index < -0.39 is 11.7 Å². The number of carbonyl (C=O) groups is 2. The molecule has 2 aromatic carbocycles. The minimum atomic E-state index is -0.442. The lowest BCUT2D eigenvalue weighted by molar-refractivity contribution is -0.118. The van der Waals surface area contributed by atoms with Crippen molar-refractivity contribution in [2.24, 2.45) is 0 Å². The van der Waals surface area contributed by atoms with Crippen LogP contribution in [0.2, 0.25) is 0 Å². The van der Waals surface area contributed by atoms with Crippen molar-refractivity contribution in [3.05, 3.63) is 71.5 Å². The van der Waals surface area contributed by atoms with Gasteiger partial charge in [0, 0.05) is 24.0 Å². The maximum Gasteiger partial charge on any atom is 0.262 e. The number of amides is 2. The SMILES string of the molecule is Cc1c(-c2ccccc2)sc(NC(=O)COc2cccc(F)c2)c1C(=O)N1CCOCC1. The fourth-order valence-electron chi connectivity index (χ4n) is 3.52. The van der Waals surface area contributed by atoms with E-state index in [1.54, 1.807) is 11.0 Å². The number of hydrogen-bond donors (Lipinski definition) is 1. The summed E-state index contributed by atoms with van der Waals surface area (Å²) in [7, 11) is 0. The Morgan fingerprint density at radius 2 is 1.88 bits per heavy atom. The lowest BCUT2D eigenvalue weighted by Gasteiger charge is -2.27. The van der Waals surface area contributed by atoms with E-state index in [1.807, 2.05) is 37.3 Å². The quantitative estimate of drug-likeness (QED) is 0.601. The molecule has 0 saturated carbocycles. The first-order chi connectivity index (χ1) is 15.5. The van der Waals surface area contributed by atoms with E-state index >= 15 is 0 Å². The van der Waals surface area contributed by atoms with E-state index in [9.17, 15) is 14.0 Å². The van der Waals surface area contributed by atoms with Crippen LogP contribution in [0.1, 0.15) is 15.9 Å². The second-order valence-corrected chi connectivity index (χ2v) is 8.35. The highest BCUT2D eigenvalue weighted by Crippen LogP contribution is 2.40. The van der Waals surface area contributed by atoms with Gasteiger partial charge in [0.2, 0.25) is 0 Å². The number of halogens is 1. The van der Waals surface area contributed by atoms with Gasteiger partial charge in [-0.1, -0.05) is 36.4 Å². The lowest BCUT2D eigenvalue weighted by atomic mass is 10.1. The van der Waals surface area contributed by atoms with Crippen LogP contribution in [0.25, 0.3) is 10.4 Å². The number of nitrogens with zero attached hydrogens (tertiary/aromatic N) is 1. The van der Waals surface area contributed by atoms with Crippen molar-refractivity contribution >= 4 is 28.2 Å². The maximum atomic E-state index is 13.3. The van der Waals surface area contributed by atoms with Gasteiger partial charge < -0.3 is 19.7 Å². The molecule has 1 saturated heterocycles. The summed E-state index contributed by atoms with van der Waals surface area (Å²) in [5, 5.41) is 3.31. The van der Waals surface area contributed by atoms with Crippen molar-refractivity contribution in [1.82, 2.24) is 4.90 Å². The van der Waals surface area contributed by atoms with Gasteiger partial charge in [-0.25, -0.2) is 4.39 Å². The topological polar surface area (TPSA) is 67.9 Å². The Hall–Kier alpha value is -3.23. The molecule has 32 heavy (non-hydrogen) atoms. The van der Waals surface area contributed by atoms with Gasteiger partial charge in [0.05, 0.1) is 18.8 Å². The van der Waals surface area contributed by atoms with E-state index in [2.05, 4.69) is 5.32 Å². The zero-order valence-corrected chi connectivity index (χ0v) is 18.4. The Balaban J connectivity index is 1.59. The Morgan fingerprint density at radius 1 is 1.12 bits per heavy atom. The number of anilines is 1. The molecule has 0 aliphatic carbocycles. The van der Waals surface area contributed by atoms with Crippen molar-refractivity contribution in [3.8, 4) is 16.2 Å². The molecule has 0 atom stereocenters. The molecule has 3 aromatic rings. The number of rotatable bonds is 6. The van der Waals surface area contributed by atoms with Crippen molar-refractivity contribution in [1.29, 1.82) is 0 Å². The minimum Gasteiger partial charge on any atom is -0.484 e. The molecule has 1 fully saturated rings. The molecule has 1 N–H and O–H groups in total. The Labute approximate surface area is 189 Å². The number of benzene rings is 2. The van der Waals surface area contributed by atoms with Gasteiger partial charge >= 0.3 is 0 Å².